The predicted molar refractivity (Wildman–Crippen MR) is 74.7 cm³/mol. The molecule has 1 aromatic carbocycles. The lowest BCUT2D eigenvalue weighted by Crippen LogP contribution is -2.27. The molecule has 0 radical (unpaired) electrons. The van der Waals surface area contributed by atoms with Crippen LogP contribution in [0.15, 0.2) is 24.3 Å². The molecule has 0 atom stereocenters. The fourth-order valence-corrected chi connectivity index (χ4v) is 1.89. The molecule has 0 saturated heterocycles. The number of benzene rings is 1. The molecular formula is C14H17FN4O2. The molecule has 1 amide bonds. The number of amides is 1. The second-order valence-electron chi connectivity index (χ2n) is 4.44. The van der Waals surface area contributed by atoms with E-state index in [2.05, 4.69) is 15.4 Å². The van der Waals surface area contributed by atoms with E-state index < -0.39 is 11.7 Å². The molecule has 0 saturated carbocycles. The molecule has 0 aliphatic rings. The molecule has 1 heterocycles. The zero-order valence-corrected chi connectivity index (χ0v) is 11.7. The fourth-order valence-electron chi connectivity index (χ4n) is 1.89. The Bertz CT molecular complexity index is 627. The first-order valence-corrected chi connectivity index (χ1v) is 6.77. The van der Waals surface area contributed by atoms with Crippen LogP contribution in [0.2, 0.25) is 0 Å². The van der Waals surface area contributed by atoms with Crippen molar-refractivity contribution in [3.63, 3.8) is 0 Å². The highest BCUT2D eigenvalue weighted by atomic mass is 19.1. The smallest absolute Gasteiger partial charge is 0.291 e. The zero-order chi connectivity index (χ0) is 15.2. The normalized spacial score (nSPS) is 10.6. The Kier molecular flexibility index (Phi) is 4.99. The Morgan fingerprint density at radius 3 is 2.86 bits per heavy atom. The molecule has 0 unspecified atom stereocenters. The molecule has 2 N–H and O–H groups in total. The fraction of sp³-hybridized carbons (Fsp3) is 0.357. The maximum Gasteiger partial charge on any atom is 0.291 e. The first kappa shape index (κ1) is 15.1. The number of nitrogens with zero attached hydrogens (tertiary/aromatic N) is 3. The molecule has 6 nitrogen and oxygen atoms in total. The lowest BCUT2D eigenvalue weighted by molar-refractivity contribution is 0.0934. The van der Waals surface area contributed by atoms with Gasteiger partial charge in [0.05, 0.1) is 6.61 Å². The highest BCUT2D eigenvalue weighted by Gasteiger charge is 2.18. The molecule has 21 heavy (non-hydrogen) atoms. The van der Waals surface area contributed by atoms with Crippen LogP contribution >= 0.6 is 0 Å². The van der Waals surface area contributed by atoms with Crippen molar-refractivity contribution >= 4 is 5.91 Å². The number of aliphatic hydroxyl groups is 1. The summed E-state index contributed by atoms with van der Waals surface area (Å²) in [5.74, 6) is -0.425. The quantitative estimate of drug-likeness (QED) is 0.835. The lowest BCUT2D eigenvalue weighted by atomic mass is 10.3. The van der Waals surface area contributed by atoms with Crippen molar-refractivity contribution in [2.75, 3.05) is 13.2 Å². The summed E-state index contributed by atoms with van der Waals surface area (Å²) >= 11 is 0. The molecular weight excluding hydrogens is 275 g/mol. The zero-order valence-electron chi connectivity index (χ0n) is 11.7. The summed E-state index contributed by atoms with van der Waals surface area (Å²) in [7, 11) is 0. The Morgan fingerprint density at radius 2 is 2.19 bits per heavy atom. The van der Waals surface area contributed by atoms with Gasteiger partial charge >= 0.3 is 0 Å². The second-order valence-corrected chi connectivity index (χ2v) is 4.44. The molecule has 0 bridgehead atoms. The minimum Gasteiger partial charge on any atom is -0.395 e. The van der Waals surface area contributed by atoms with E-state index in [1.54, 1.807) is 18.2 Å². The number of nitrogens with one attached hydrogen (secondary N) is 1. The average molecular weight is 292 g/mol. The van der Waals surface area contributed by atoms with Crippen LogP contribution in [-0.4, -0.2) is 38.9 Å². The van der Waals surface area contributed by atoms with Gasteiger partial charge in [-0.05, 0) is 18.6 Å². The number of hydrogen-bond donors (Lipinski definition) is 2. The Labute approximate surface area is 121 Å². The topological polar surface area (TPSA) is 80.0 Å². The molecule has 0 aliphatic heterocycles. The number of hydrogen-bond acceptors (Lipinski definition) is 4. The van der Waals surface area contributed by atoms with Crippen LogP contribution in [0, 0.1) is 5.82 Å². The number of para-hydroxylation sites is 1. The summed E-state index contributed by atoms with van der Waals surface area (Å²) in [6.45, 7) is 1.92. The summed E-state index contributed by atoms with van der Waals surface area (Å²) in [6, 6.07) is 6.20. The minimum absolute atomic E-state index is 0.0323. The second kappa shape index (κ2) is 6.94. The summed E-state index contributed by atoms with van der Waals surface area (Å²) in [6.07, 6.45) is 1.37. The number of aliphatic hydroxyl groups excluding tert-OH is 1. The van der Waals surface area contributed by atoms with E-state index in [4.69, 9.17) is 5.11 Å². The van der Waals surface area contributed by atoms with Crippen molar-refractivity contribution in [3.8, 4) is 5.69 Å². The van der Waals surface area contributed by atoms with Gasteiger partial charge in [-0.25, -0.2) is 14.1 Å². The number of carbonyl (C=O) groups is 1. The SMILES string of the molecule is CCCc1nc(C(=O)NCCO)nn1-c1ccccc1F. The van der Waals surface area contributed by atoms with Crippen LogP contribution < -0.4 is 5.32 Å². The van der Waals surface area contributed by atoms with E-state index in [1.165, 1.54) is 10.7 Å². The standard InChI is InChI=1S/C14H17FN4O2/c1-2-5-12-17-13(14(21)16-8-9-20)18-19(12)11-7-4-3-6-10(11)15/h3-4,6-7,20H,2,5,8-9H2,1H3,(H,16,21). The molecule has 0 aliphatic carbocycles. The van der Waals surface area contributed by atoms with E-state index in [0.29, 0.717) is 12.2 Å². The highest BCUT2D eigenvalue weighted by molar-refractivity contribution is 5.90. The van der Waals surface area contributed by atoms with Crippen molar-refractivity contribution in [2.45, 2.75) is 19.8 Å². The van der Waals surface area contributed by atoms with Crippen molar-refractivity contribution in [1.82, 2.24) is 20.1 Å². The maximum absolute atomic E-state index is 13.9. The predicted octanol–water partition coefficient (Wildman–Crippen LogP) is 1.08. The van der Waals surface area contributed by atoms with Gasteiger partial charge in [0.25, 0.3) is 5.91 Å². The van der Waals surface area contributed by atoms with Crippen LogP contribution in [0.1, 0.15) is 29.8 Å². The van der Waals surface area contributed by atoms with Crippen molar-refractivity contribution in [1.29, 1.82) is 0 Å². The molecule has 1 aromatic heterocycles. The monoisotopic (exact) mass is 292 g/mol. The lowest BCUT2D eigenvalue weighted by Gasteiger charge is -2.05. The number of aromatic nitrogens is 3. The van der Waals surface area contributed by atoms with Crippen molar-refractivity contribution in [3.05, 3.63) is 41.7 Å². The average Bonchev–Trinajstić information content (AvgIpc) is 2.89. The van der Waals surface area contributed by atoms with E-state index in [0.717, 1.165) is 6.42 Å². The van der Waals surface area contributed by atoms with Gasteiger partial charge in [-0.1, -0.05) is 19.1 Å². The van der Waals surface area contributed by atoms with Crippen LogP contribution in [0.25, 0.3) is 5.69 Å². The van der Waals surface area contributed by atoms with Crippen LogP contribution in [-0.2, 0) is 6.42 Å². The van der Waals surface area contributed by atoms with E-state index in [9.17, 15) is 9.18 Å². The molecule has 112 valence electrons. The first-order valence-electron chi connectivity index (χ1n) is 6.77. The van der Waals surface area contributed by atoms with Gasteiger partial charge < -0.3 is 10.4 Å². The van der Waals surface area contributed by atoms with Crippen molar-refractivity contribution in [2.24, 2.45) is 0 Å². The number of halogens is 1. The van der Waals surface area contributed by atoms with E-state index in [1.807, 2.05) is 6.92 Å². The first-order chi connectivity index (χ1) is 10.2. The van der Waals surface area contributed by atoms with Crippen LogP contribution in [0.5, 0.6) is 0 Å². The third-order valence-electron chi connectivity index (χ3n) is 2.83. The van der Waals surface area contributed by atoms with Crippen LogP contribution in [0.4, 0.5) is 4.39 Å². The summed E-state index contributed by atoms with van der Waals surface area (Å²) in [5.41, 5.74) is 0.259. The van der Waals surface area contributed by atoms with Gasteiger partial charge in [0, 0.05) is 13.0 Å². The molecule has 2 rings (SSSR count). The summed E-state index contributed by atoms with van der Waals surface area (Å²) < 4.78 is 15.2. The third-order valence-corrected chi connectivity index (χ3v) is 2.83. The van der Waals surface area contributed by atoms with Gasteiger partial charge in [-0.15, -0.1) is 5.10 Å². The third kappa shape index (κ3) is 3.43. The van der Waals surface area contributed by atoms with Gasteiger partial charge in [-0.2, -0.15) is 0 Å². The van der Waals surface area contributed by atoms with Crippen molar-refractivity contribution < 1.29 is 14.3 Å². The largest absolute Gasteiger partial charge is 0.395 e. The highest BCUT2D eigenvalue weighted by Crippen LogP contribution is 2.15. The Hall–Kier alpha value is -2.28. The van der Waals surface area contributed by atoms with Gasteiger partial charge in [0.1, 0.15) is 17.3 Å². The van der Waals surface area contributed by atoms with Crippen LogP contribution in [0.3, 0.4) is 0 Å². The van der Waals surface area contributed by atoms with Gasteiger partial charge in [0.2, 0.25) is 5.82 Å². The maximum atomic E-state index is 13.9. The number of aryl methyl sites for hydroxylation is 1. The Balaban J connectivity index is 2.38. The van der Waals surface area contributed by atoms with Gasteiger partial charge in [0.15, 0.2) is 0 Å². The van der Waals surface area contributed by atoms with E-state index >= 15 is 0 Å². The molecule has 7 heteroatoms. The molecule has 0 fully saturated rings. The number of rotatable bonds is 6. The molecule has 0 spiro atoms. The number of carbonyl (C=O) groups excluding carboxylic acids is 1. The summed E-state index contributed by atoms with van der Waals surface area (Å²) in [4.78, 5) is 16.0. The minimum atomic E-state index is -0.489. The Morgan fingerprint density at radius 1 is 1.43 bits per heavy atom. The molecule has 2 aromatic rings. The van der Waals surface area contributed by atoms with Gasteiger partial charge in [-0.3, -0.25) is 4.79 Å². The summed E-state index contributed by atoms with van der Waals surface area (Å²) in [5, 5.41) is 15.3. The van der Waals surface area contributed by atoms with E-state index in [-0.39, 0.29) is 24.7 Å².